The molecule has 1 heterocycles. The van der Waals surface area contributed by atoms with Crippen LogP contribution in [0, 0.1) is 12.8 Å². The van der Waals surface area contributed by atoms with Gasteiger partial charge in [0.15, 0.2) is 0 Å². The van der Waals surface area contributed by atoms with E-state index in [4.69, 9.17) is 4.74 Å². The third kappa shape index (κ3) is 5.57. The molecule has 2 amide bonds. The van der Waals surface area contributed by atoms with Crippen LogP contribution >= 0.6 is 0 Å². The van der Waals surface area contributed by atoms with Crippen molar-refractivity contribution in [2.75, 3.05) is 25.0 Å². The van der Waals surface area contributed by atoms with Crippen molar-refractivity contribution in [3.05, 3.63) is 29.3 Å². The first kappa shape index (κ1) is 20.8. The molecular weight excluding hydrogens is 352 g/mol. The second-order valence-corrected chi connectivity index (χ2v) is 8.32. The molecule has 1 aliphatic heterocycles. The van der Waals surface area contributed by atoms with Gasteiger partial charge >= 0.3 is 0 Å². The van der Waals surface area contributed by atoms with E-state index in [1.54, 1.807) is 0 Å². The summed E-state index contributed by atoms with van der Waals surface area (Å²) < 4.78 is 5.86. The Morgan fingerprint density at radius 1 is 1.18 bits per heavy atom. The number of carbonyl (C=O) groups excluding carboxylic acids is 2. The summed E-state index contributed by atoms with van der Waals surface area (Å²) >= 11 is 0. The molecule has 1 aromatic rings. The lowest BCUT2D eigenvalue weighted by Gasteiger charge is -2.32. The van der Waals surface area contributed by atoms with E-state index in [-0.39, 0.29) is 17.9 Å². The molecule has 0 radical (unpaired) electrons. The molecule has 2 fully saturated rings. The quantitative estimate of drug-likeness (QED) is 0.748. The Labute approximate surface area is 168 Å². The van der Waals surface area contributed by atoms with Crippen LogP contribution in [0.1, 0.15) is 74.2 Å². The number of nitrogens with one attached hydrogen (secondary N) is 1. The lowest BCUT2D eigenvalue weighted by Crippen LogP contribution is -2.43. The summed E-state index contributed by atoms with van der Waals surface area (Å²) in [7, 11) is 0. The molecule has 0 spiro atoms. The Balaban J connectivity index is 1.62. The number of carbonyl (C=O) groups is 2. The zero-order chi connectivity index (χ0) is 19.9. The fourth-order valence-electron chi connectivity index (χ4n) is 4.29. The van der Waals surface area contributed by atoms with Gasteiger partial charge in [-0.1, -0.05) is 25.8 Å². The molecular formula is C23H34N2O3. The number of benzene rings is 1. The number of nitrogens with zero attached hydrogens (tertiary/aromatic N) is 1. The van der Waals surface area contributed by atoms with Crippen molar-refractivity contribution in [3.63, 3.8) is 0 Å². The molecule has 5 nitrogen and oxygen atoms in total. The van der Waals surface area contributed by atoms with E-state index in [2.05, 4.69) is 12.2 Å². The van der Waals surface area contributed by atoms with E-state index >= 15 is 0 Å². The Hall–Kier alpha value is -1.88. The molecule has 1 aliphatic carbocycles. The van der Waals surface area contributed by atoms with E-state index < -0.39 is 0 Å². The van der Waals surface area contributed by atoms with Crippen molar-refractivity contribution in [1.82, 2.24) is 4.90 Å². The fourth-order valence-corrected chi connectivity index (χ4v) is 4.29. The van der Waals surface area contributed by atoms with Gasteiger partial charge in [-0.3, -0.25) is 9.59 Å². The van der Waals surface area contributed by atoms with Crippen molar-refractivity contribution in [2.24, 2.45) is 5.92 Å². The third-order valence-electron chi connectivity index (χ3n) is 5.93. The number of rotatable bonds is 7. The number of anilines is 1. The van der Waals surface area contributed by atoms with Gasteiger partial charge in [0, 0.05) is 37.4 Å². The predicted molar refractivity (Wildman–Crippen MR) is 112 cm³/mol. The molecule has 28 heavy (non-hydrogen) atoms. The molecule has 1 N–H and O–H groups in total. The van der Waals surface area contributed by atoms with Gasteiger partial charge in [0.2, 0.25) is 5.91 Å². The van der Waals surface area contributed by atoms with Crippen molar-refractivity contribution in [3.8, 4) is 0 Å². The molecule has 1 saturated heterocycles. The van der Waals surface area contributed by atoms with Crippen LogP contribution in [0.2, 0.25) is 0 Å². The number of hydrogen-bond donors (Lipinski definition) is 1. The Kier molecular flexibility index (Phi) is 7.49. The zero-order valence-corrected chi connectivity index (χ0v) is 17.3. The minimum Gasteiger partial charge on any atom is -0.376 e. The second kappa shape index (κ2) is 10.1. The summed E-state index contributed by atoms with van der Waals surface area (Å²) in [5.74, 6) is 0.597. The largest absolute Gasteiger partial charge is 0.376 e. The maximum Gasteiger partial charge on any atom is 0.254 e. The highest BCUT2D eigenvalue weighted by Crippen LogP contribution is 2.28. The van der Waals surface area contributed by atoms with Crippen molar-refractivity contribution in [2.45, 2.75) is 71.3 Å². The minimum atomic E-state index is 0.0242. The van der Waals surface area contributed by atoms with Crippen molar-refractivity contribution in [1.29, 1.82) is 0 Å². The third-order valence-corrected chi connectivity index (χ3v) is 5.93. The van der Waals surface area contributed by atoms with Crippen LogP contribution < -0.4 is 5.32 Å². The number of likely N-dealkylation sites (tertiary alicyclic amines) is 1. The standard InChI is InChI=1S/C23H34N2O3/c1-3-13-28-20-9-6-12-25(16-20)23(27)19-11-10-17(2)21(15-19)24-22(26)14-18-7-4-5-8-18/h10-11,15,18,20H,3-9,12-14,16H2,1-2H3,(H,24,26). The second-order valence-electron chi connectivity index (χ2n) is 8.32. The summed E-state index contributed by atoms with van der Waals surface area (Å²) in [6.45, 7) is 6.22. The summed E-state index contributed by atoms with van der Waals surface area (Å²) in [6, 6.07) is 5.62. The molecule has 1 unspecified atom stereocenters. The number of ether oxygens (including phenoxy) is 1. The van der Waals surface area contributed by atoms with E-state index in [1.807, 2.05) is 30.0 Å². The molecule has 5 heteroatoms. The zero-order valence-electron chi connectivity index (χ0n) is 17.3. The number of aryl methyl sites for hydroxylation is 1. The SMILES string of the molecule is CCCOC1CCCN(C(=O)c2ccc(C)c(NC(=O)CC3CCCC3)c2)C1. The highest BCUT2D eigenvalue weighted by molar-refractivity contribution is 5.98. The van der Waals surface area contributed by atoms with Crippen LogP contribution in [-0.4, -0.2) is 42.5 Å². The van der Waals surface area contributed by atoms with Crippen molar-refractivity contribution >= 4 is 17.5 Å². The van der Waals surface area contributed by atoms with Crippen molar-refractivity contribution < 1.29 is 14.3 Å². The van der Waals surface area contributed by atoms with Gasteiger partial charge in [-0.25, -0.2) is 0 Å². The van der Waals surface area contributed by atoms with Gasteiger partial charge < -0.3 is 15.0 Å². The molecule has 154 valence electrons. The lowest BCUT2D eigenvalue weighted by atomic mass is 10.0. The fraction of sp³-hybridized carbons (Fsp3) is 0.652. The van der Waals surface area contributed by atoms with Gasteiger partial charge in [-0.15, -0.1) is 0 Å². The first-order valence-corrected chi connectivity index (χ1v) is 10.9. The highest BCUT2D eigenvalue weighted by Gasteiger charge is 2.25. The van der Waals surface area contributed by atoms with Crippen LogP contribution in [0.3, 0.4) is 0 Å². The number of hydrogen-bond acceptors (Lipinski definition) is 3. The first-order chi connectivity index (χ1) is 13.6. The van der Waals surface area contributed by atoms with Gasteiger partial charge in [-0.2, -0.15) is 0 Å². The predicted octanol–water partition coefficient (Wildman–Crippen LogP) is 4.55. The number of amides is 2. The van der Waals surface area contributed by atoms with Crippen LogP contribution in [0.25, 0.3) is 0 Å². The summed E-state index contributed by atoms with van der Waals surface area (Å²) in [5.41, 5.74) is 2.38. The van der Waals surface area contributed by atoms with Crippen LogP contribution in [0.5, 0.6) is 0 Å². The maximum absolute atomic E-state index is 13.0. The van der Waals surface area contributed by atoms with Gasteiger partial charge in [0.05, 0.1) is 6.10 Å². The Morgan fingerprint density at radius 2 is 1.96 bits per heavy atom. The molecule has 1 atom stereocenters. The Morgan fingerprint density at radius 3 is 2.71 bits per heavy atom. The monoisotopic (exact) mass is 386 g/mol. The lowest BCUT2D eigenvalue weighted by molar-refractivity contribution is -0.117. The normalized spacial score (nSPS) is 20.4. The molecule has 3 rings (SSSR count). The topological polar surface area (TPSA) is 58.6 Å². The highest BCUT2D eigenvalue weighted by atomic mass is 16.5. The van der Waals surface area contributed by atoms with Crippen LogP contribution in [-0.2, 0) is 9.53 Å². The van der Waals surface area contributed by atoms with Crippen LogP contribution in [0.4, 0.5) is 5.69 Å². The smallest absolute Gasteiger partial charge is 0.254 e. The summed E-state index contributed by atoms with van der Waals surface area (Å²) in [4.78, 5) is 27.3. The molecule has 2 aliphatic rings. The first-order valence-electron chi connectivity index (χ1n) is 10.9. The number of piperidine rings is 1. The Bertz CT molecular complexity index is 682. The van der Waals surface area contributed by atoms with Gasteiger partial charge in [-0.05, 0) is 62.6 Å². The molecule has 1 saturated carbocycles. The summed E-state index contributed by atoms with van der Waals surface area (Å²) in [5, 5.41) is 3.04. The maximum atomic E-state index is 13.0. The van der Waals surface area contributed by atoms with Gasteiger partial charge in [0.1, 0.15) is 0 Å². The summed E-state index contributed by atoms with van der Waals surface area (Å²) in [6.07, 6.45) is 8.47. The minimum absolute atomic E-state index is 0.0242. The van der Waals surface area contributed by atoms with E-state index in [1.165, 1.54) is 12.8 Å². The van der Waals surface area contributed by atoms with Gasteiger partial charge in [0.25, 0.3) is 5.91 Å². The molecule has 0 bridgehead atoms. The average Bonchev–Trinajstić information content (AvgIpc) is 3.20. The van der Waals surface area contributed by atoms with E-state index in [9.17, 15) is 9.59 Å². The molecule has 0 aromatic heterocycles. The van der Waals surface area contributed by atoms with Crippen LogP contribution in [0.15, 0.2) is 18.2 Å². The molecule has 1 aromatic carbocycles. The van der Waals surface area contributed by atoms with E-state index in [0.29, 0.717) is 24.4 Å². The average molecular weight is 387 g/mol. The van der Waals surface area contributed by atoms with E-state index in [0.717, 1.165) is 56.5 Å².